The van der Waals surface area contributed by atoms with Gasteiger partial charge >= 0.3 is 6.18 Å². The number of aromatic amines is 1. The van der Waals surface area contributed by atoms with E-state index in [0.717, 1.165) is 16.9 Å². The predicted molar refractivity (Wildman–Crippen MR) is 68.6 cm³/mol. The summed E-state index contributed by atoms with van der Waals surface area (Å²) in [5, 5.41) is 4.32. The second-order valence-electron chi connectivity index (χ2n) is 4.40. The van der Waals surface area contributed by atoms with Crippen molar-refractivity contribution in [3.05, 3.63) is 10.5 Å². The molecule has 0 amide bonds. The van der Waals surface area contributed by atoms with Crippen molar-refractivity contribution in [2.45, 2.75) is 46.0 Å². The smallest absolute Gasteiger partial charge is 0.328 e. The second kappa shape index (κ2) is 4.99. The molecule has 19 heavy (non-hydrogen) atoms. The van der Waals surface area contributed by atoms with Gasteiger partial charge in [-0.3, -0.25) is 0 Å². The molecule has 0 unspecified atom stereocenters. The molecule has 0 aromatic carbocycles. The van der Waals surface area contributed by atoms with E-state index in [2.05, 4.69) is 10.1 Å². The van der Waals surface area contributed by atoms with Crippen LogP contribution >= 0.6 is 12.2 Å². The van der Waals surface area contributed by atoms with Gasteiger partial charge in [0.25, 0.3) is 0 Å². The van der Waals surface area contributed by atoms with Gasteiger partial charge in [-0.05, 0) is 32.5 Å². The van der Waals surface area contributed by atoms with Gasteiger partial charge in [0.05, 0.1) is 5.69 Å². The van der Waals surface area contributed by atoms with Crippen LogP contribution in [0, 0.1) is 11.7 Å². The summed E-state index contributed by atoms with van der Waals surface area (Å²) in [5.74, 6) is 0. The van der Waals surface area contributed by atoms with Gasteiger partial charge in [0.1, 0.15) is 5.52 Å². The molecular weight excluding hydrogens is 277 g/mol. The number of nitrogens with one attached hydrogen (secondary N) is 1. The van der Waals surface area contributed by atoms with Gasteiger partial charge in [0, 0.05) is 19.5 Å². The molecule has 0 saturated heterocycles. The number of imidazole rings is 1. The van der Waals surface area contributed by atoms with E-state index in [0.29, 0.717) is 11.3 Å². The first kappa shape index (κ1) is 14.1. The molecule has 2 rings (SSSR count). The van der Waals surface area contributed by atoms with Crippen LogP contribution in [0.1, 0.15) is 25.5 Å². The Morgan fingerprint density at radius 3 is 2.63 bits per heavy atom. The van der Waals surface area contributed by atoms with Crippen LogP contribution in [0.5, 0.6) is 0 Å². The van der Waals surface area contributed by atoms with Crippen LogP contribution in [0.4, 0.5) is 13.2 Å². The van der Waals surface area contributed by atoms with Gasteiger partial charge in [-0.1, -0.05) is 0 Å². The van der Waals surface area contributed by atoms with Crippen molar-refractivity contribution in [2.24, 2.45) is 0 Å². The summed E-state index contributed by atoms with van der Waals surface area (Å²) in [6.07, 6.45) is -4.92. The molecule has 4 nitrogen and oxygen atoms in total. The zero-order valence-corrected chi connectivity index (χ0v) is 11.5. The van der Waals surface area contributed by atoms with E-state index >= 15 is 0 Å². The van der Waals surface area contributed by atoms with Crippen LogP contribution in [0.15, 0.2) is 0 Å². The summed E-state index contributed by atoms with van der Waals surface area (Å²) < 4.78 is 40.5. The predicted octanol–water partition coefficient (Wildman–Crippen LogP) is 3.57. The molecule has 8 heteroatoms. The Morgan fingerprint density at radius 2 is 2.05 bits per heavy atom. The van der Waals surface area contributed by atoms with Crippen molar-refractivity contribution < 1.29 is 13.2 Å². The minimum Gasteiger partial charge on any atom is -0.328 e. The lowest BCUT2D eigenvalue weighted by Gasteiger charge is -2.08. The van der Waals surface area contributed by atoms with Gasteiger partial charge in [-0.2, -0.15) is 18.3 Å². The molecule has 2 heterocycles. The maximum absolute atomic E-state index is 12.2. The number of nitrogens with zero attached hydrogens (tertiary/aromatic N) is 3. The molecule has 2 aromatic rings. The molecule has 0 bridgehead atoms. The number of hydrogen-bond acceptors (Lipinski definition) is 2. The molecule has 0 fully saturated rings. The Hall–Kier alpha value is -1.31. The molecule has 0 spiro atoms. The zero-order chi connectivity index (χ0) is 14.2. The van der Waals surface area contributed by atoms with E-state index in [-0.39, 0.29) is 13.0 Å². The maximum Gasteiger partial charge on any atom is 0.389 e. The van der Waals surface area contributed by atoms with Crippen LogP contribution in [0.25, 0.3) is 11.2 Å². The minimum atomic E-state index is -4.13. The van der Waals surface area contributed by atoms with Gasteiger partial charge in [-0.15, -0.1) is 0 Å². The summed E-state index contributed by atoms with van der Waals surface area (Å²) >= 11 is 5.17. The fourth-order valence-corrected chi connectivity index (χ4v) is 2.41. The summed E-state index contributed by atoms with van der Waals surface area (Å²) in [6, 6.07) is 0. The third kappa shape index (κ3) is 2.83. The van der Waals surface area contributed by atoms with Crippen LogP contribution in [-0.2, 0) is 13.1 Å². The lowest BCUT2D eigenvalue weighted by atomic mass is 10.3. The third-order valence-electron chi connectivity index (χ3n) is 2.97. The highest BCUT2D eigenvalue weighted by Crippen LogP contribution is 2.23. The summed E-state index contributed by atoms with van der Waals surface area (Å²) in [4.78, 5) is 3.01. The van der Waals surface area contributed by atoms with Crippen LogP contribution < -0.4 is 0 Å². The van der Waals surface area contributed by atoms with Crippen LogP contribution in [0.3, 0.4) is 0 Å². The van der Waals surface area contributed by atoms with Crippen molar-refractivity contribution >= 4 is 23.4 Å². The molecule has 1 N–H and O–H groups in total. The first-order valence-corrected chi connectivity index (χ1v) is 6.47. The summed E-state index contributed by atoms with van der Waals surface area (Å²) in [5.41, 5.74) is 2.38. The van der Waals surface area contributed by atoms with Crippen molar-refractivity contribution in [1.29, 1.82) is 0 Å². The zero-order valence-electron chi connectivity index (χ0n) is 10.7. The largest absolute Gasteiger partial charge is 0.389 e. The molecule has 2 aromatic heterocycles. The Balaban J connectivity index is 2.32. The Kier molecular flexibility index (Phi) is 3.71. The lowest BCUT2D eigenvalue weighted by molar-refractivity contribution is -0.135. The topological polar surface area (TPSA) is 38.5 Å². The van der Waals surface area contributed by atoms with Crippen molar-refractivity contribution in [2.75, 3.05) is 0 Å². The van der Waals surface area contributed by atoms with Gasteiger partial charge in [-0.25, -0.2) is 4.68 Å². The van der Waals surface area contributed by atoms with E-state index in [1.807, 2.05) is 13.8 Å². The number of H-pyrrole nitrogens is 1. The second-order valence-corrected chi connectivity index (χ2v) is 4.79. The quantitative estimate of drug-likeness (QED) is 0.875. The van der Waals surface area contributed by atoms with E-state index in [1.54, 1.807) is 9.25 Å². The Bertz CT molecular complexity index is 635. The normalized spacial score (nSPS) is 12.5. The number of aromatic nitrogens is 4. The van der Waals surface area contributed by atoms with E-state index in [9.17, 15) is 13.2 Å². The fraction of sp³-hybridized carbons (Fsp3) is 0.636. The molecule has 106 valence electrons. The summed E-state index contributed by atoms with van der Waals surface area (Å²) in [7, 11) is 0. The number of fused-ring (bicyclic) bond motifs is 1. The van der Waals surface area contributed by atoms with Crippen molar-refractivity contribution in [3.63, 3.8) is 0 Å². The SMILES string of the molecule is CCn1nc(C)c2[nH]c(=S)n(CCCC(F)(F)F)c21. The van der Waals surface area contributed by atoms with Crippen molar-refractivity contribution in [3.8, 4) is 0 Å². The maximum atomic E-state index is 12.2. The first-order valence-electron chi connectivity index (χ1n) is 6.06. The molecular formula is C11H15F3N4S. The van der Waals surface area contributed by atoms with Crippen LogP contribution in [-0.4, -0.2) is 25.5 Å². The standard InChI is InChI=1S/C11H15F3N4S/c1-3-18-9-8(7(2)16-18)15-10(19)17(9)6-4-5-11(12,13)14/h3-6H2,1-2H3,(H,15,19). The molecule has 0 radical (unpaired) electrons. The number of aryl methyl sites for hydroxylation is 3. The highest BCUT2D eigenvalue weighted by atomic mass is 32.1. The van der Waals surface area contributed by atoms with Crippen LogP contribution in [0.2, 0.25) is 0 Å². The first-order chi connectivity index (χ1) is 8.83. The number of halogens is 3. The molecule has 0 aliphatic carbocycles. The van der Waals surface area contributed by atoms with E-state index in [4.69, 9.17) is 12.2 Å². The number of hydrogen-bond donors (Lipinski definition) is 1. The Labute approximate surface area is 113 Å². The molecule has 0 saturated carbocycles. The van der Waals surface area contributed by atoms with Gasteiger partial charge in [0.2, 0.25) is 0 Å². The van der Waals surface area contributed by atoms with E-state index < -0.39 is 12.6 Å². The highest BCUT2D eigenvalue weighted by Gasteiger charge is 2.26. The number of rotatable bonds is 4. The molecule has 0 aliphatic rings. The lowest BCUT2D eigenvalue weighted by Crippen LogP contribution is -2.10. The fourth-order valence-electron chi connectivity index (χ4n) is 2.13. The summed E-state index contributed by atoms with van der Waals surface area (Å²) in [6.45, 7) is 4.67. The third-order valence-corrected chi connectivity index (χ3v) is 3.30. The average molecular weight is 292 g/mol. The number of alkyl halides is 3. The molecule has 0 atom stereocenters. The highest BCUT2D eigenvalue weighted by molar-refractivity contribution is 7.71. The Morgan fingerprint density at radius 1 is 1.37 bits per heavy atom. The monoisotopic (exact) mass is 292 g/mol. The van der Waals surface area contributed by atoms with Crippen molar-refractivity contribution in [1.82, 2.24) is 19.3 Å². The van der Waals surface area contributed by atoms with Gasteiger partial charge < -0.3 is 9.55 Å². The average Bonchev–Trinajstić information content (AvgIpc) is 2.77. The minimum absolute atomic E-state index is 0.0126. The molecule has 0 aliphatic heterocycles. The van der Waals surface area contributed by atoms with E-state index in [1.165, 1.54) is 0 Å². The van der Waals surface area contributed by atoms with Gasteiger partial charge in [0.15, 0.2) is 10.4 Å².